The Bertz CT molecular complexity index is 853. The van der Waals surface area contributed by atoms with Gasteiger partial charge in [-0.1, -0.05) is 43.3 Å². The van der Waals surface area contributed by atoms with E-state index in [0.29, 0.717) is 28.8 Å². The fraction of sp³-hybridized carbons (Fsp3) is 0.167. The van der Waals surface area contributed by atoms with E-state index in [1.54, 1.807) is 18.2 Å². The second-order valence-corrected chi connectivity index (χ2v) is 5.65. The number of hydrogen-bond donors (Lipinski definition) is 1. The van der Waals surface area contributed by atoms with Crippen LogP contribution >= 0.6 is 0 Å². The van der Waals surface area contributed by atoms with Crippen LogP contribution in [0.2, 0.25) is 0 Å². The highest BCUT2D eigenvalue weighted by Gasteiger charge is 2.13. The van der Waals surface area contributed by atoms with E-state index in [9.17, 15) is 4.79 Å². The molecule has 0 saturated carbocycles. The number of benzene rings is 2. The van der Waals surface area contributed by atoms with Crippen molar-refractivity contribution in [2.24, 2.45) is 5.73 Å². The summed E-state index contributed by atoms with van der Waals surface area (Å²) in [5, 5.41) is 4.00. The van der Waals surface area contributed by atoms with Crippen LogP contribution in [0.5, 0.6) is 0 Å². The number of carbonyl (C=O) groups excluding carboxylic acids is 1. The molecule has 23 heavy (non-hydrogen) atoms. The minimum absolute atomic E-state index is 0.413. The molecule has 3 rings (SSSR count). The van der Waals surface area contributed by atoms with Gasteiger partial charge in [0.2, 0.25) is 11.7 Å². The topological polar surface area (TPSA) is 82.0 Å². The van der Waals surface area contributed by atoms with Gasteiger partial charge in [-0.15, -0.1) is 0 Å². The molecule has 0 fully saturated rings. The van der Waals surface area contributed by atoms with Crippen LogP contribution in [-0.4, -0.2) is 16.0 Å². The van der Waals surface area contributed by atoms with Gasteiger partial charge in [0.25, 0.3) is 5.89 Å². The molecule has 1 heterocycles. The van der Waals surface area contributed by atoms with Crippen LogP contribution in [-0.2, 0) is 0 Å². The van der Waals surface area contributed by atoms with Gasteiger partial charge in [0, 0.05) is 16.7 Å². The maximum absolute atomic E-state index is 11.3. The summed E-state index contributed by atoms with van der Waals surface area (Å²) in [6.45, 7) is 4.27. The number of primary amides is 1. The van der Waals surface area contributed by atoms with Crippen LogP contribution in [0, 0.1) is 0 Å². The number of hydrogen-bond acceptors (Lipinski definition) is 4. The van der Waals surface area contributed by atoms with Gasteiger partial charge in [0.15, 0.2) is 0 Å². The van der Waals surface area contributed by atoms with Crippen LogP contribution < -0.4 is 5.73 Å². The molecule has 0 aliphatic carbocycles. The van der Waals surface area contributed by atoms with Gasteiger partial charge >= 0.3 is 0 Å². The van der Waals surface area contributed by atoms with E-state index in [-0.39, 0.29) is 0 Å². The minimum Gasteiger partial charge on any atom is -0.366 e. The van der Waals surface area contributed by atoms with Crippen molar-refractivity contribution >= 4 is 5.91 Å². The number of amides is 1. The molecule has 2 aromatic carbocycles. The van der Waals surface area contributed by atoms with E-state index >= 15 is 0 Å². The van der Waals surface area contributed by atoms with Crippen LogP contribution in [0.4, 0.5) is 0 Å². The van der Waals surface area contributed by atoms with Gasteiger partial charge in [-0.2, -0.15) is 4.98 Å². The largest absolute Gasteiger partial charge is 0.366 e. The Morgan fingerprint density at radius 2 is 1.83 bits per heavy atom. The first-order valence-corrected chi connectivity index (χ1v) is 7.39. The first-order chi connectivity index (χ1) is 11.0. The van der Waals surface area contributed by atoms with Gasteiger partial charge in [0.1, 0.15) is 0 Å². The molecule has 3 aromatic rings. The van der Waals surface area contributed by atoms with Crippen LogP contribution in [0.15, 0.2) is 53.1 Å². The van der Waals surface area contributed by atoms with Crippen molar-refractivity contribution in [3.63, 3.8) is 0 Å². The third kappa shape index (κ3) is 3.13. The van der Waals surface area contributed by atoms with Crippen molar-refractivity contribution in [1.29, 1.82) is 0 Å². The quantitative estimate of drug-likeness (QED) is 0.798. The maximum atomic E-state index is 11.3. The molecule has 1 amide bonds. The number of carbonyl (C=O) groups is 1. The highest BCUT2D eigenvalue weighted by molar-refractivity contribution is 5.93. The number of nitrogens with zero attached hydrogens (tertiary/aromatic N) is 2. The normalized spacial score (nSPS) is 10.9. The lowest BCUT2D eigenvalue weighted by molar-refractivity contribution is 0.100. The van der Waals surface area contributed by atoms with Gasteiger partial charge in [-0.3, -0.25) is 4.79 Å². The molecule has 116 valence electrons. The fourth-order valence-corrected chi connectivity index (χ4v) is 2.30. The summed E-state index contributed by atoms with van der Waals surface area (Å²) in [6, 6.07) is 14.9. The Morgan fingerprint density at radius 3 is 2.57 bits per heavy atom. The average Bonchev–Trinajstić information content (AvgIpc) is 3.05. The maximum Gasteiger partial charge on any atom is 0.258 e. The molecule has 0 aliphatic rings. The molecular formula is C18H17N3O2. The van der Waals surface area contributed by atoms with Crippen molar-refractivity contribution < 1.29 is 9.32 Å². The third-order valence-electron chi connectivity index (χ3n) is 3.63. The Labute approximate surface area is 134 Å². The monoisotopic (exact) mass is 307 g/mol. The Hall–Kier alpha value is -2.95. The van der Waals surface area contributed by atoms with Gasteiger partial charge < -0.3 is 10.3 Å². The first-order valence-electron chi connectivity index (χ1n) is 7.39. The average molecular weight is 307 g/mol. The van der Waals surface area contributed by atoms with Crippen LogP contribution in [0.25, 0.3) is 22.8 Å². The zero-order chi connectivity index (χ0) is 16.4. The lowest BCUT2D eigenvalue weighted by Crippen LogP contribution is -2.10. The lowest BCUT2D eigenvalue weighted by Gasteiger charge is -2.05. The van der Waals surface area contributed by atoms with Crippen molar-refractivity contribution in [3.8, 4) is 22.8 Å². The predicted octanol–water partition coefficient (Wildman–Crippen LogP) is 3.63. The van der Waals surface area contributed by atoms with E-state index in [1.165, 1.54) is 5.56 Å². The molecule has 0 saturated heterocycles. The van der Waals surface area contributed by atoms with Gasteiger partial charge in [-0.05, 0) is 35.7 Å². The number of nitrogens with two attached hydrogens (primary N) is 1. The second-order valence-electron chi connectivity index (χ2n) is 5.65. The van der Waals surface area contributed by atoms with Crippen molar-refractivity contribution in [2.45, 2.75) is 19.8 Å². The third-order valence-corrected chi connectivity index (χ3v) is 3.63. The summed E-state index contributed by atoms with van der Waals surface area (Å²) in [7, 11) is 0. The predicted molar refractivity (Wildman–Crippen MR) is 87.8 cm³/mol. The zero-order valence-electron chi connectivity index (χ0n) is 13.0. The number of rotatable bonds is 4. The first kappa shape index (κ1) is 15.0. The molecule has 5 nitrogen and oxygen atoms in total. The summed E-state index contributed by atoms with van der Waals surface area (Å²) < 4.78 is 5.36. The van der Waals surface area contributed by atoms with Gasteiger partial charge in [0.05, 0.1) is 0 Å². The van der Waals surface area contributed by atoms with E-state index in [0.717, 1.165) is 5.56 Å². The fourth-order valence-electron chi connectivity index (χ4n) is 2.30. The molecule has 0 radical (unpaired) electrons. The minimum atomic E-state index is -0.486. The molecule has 0 unspecified atom stereocenters. The second kappa shape index (κ2) is 6.04. The van der Waals surface area contributed by atoms with Gasteiger partial charge in [-0.25, -0.2) is 0 Å². The molecule has 0 spiro atoms. The Balaban J connectivity index is 1.96. The highest BCUT2D eigenvalue weighted by Crippen LogP contribution is 2.25. The summed E-state index contributed by atoms with van der Waals surface area (Å²) in [4.78, 5) is 15.7. The van der Waals surface area contributed by atoms with Crippen molar-refractivity contribution in [1.82, 2.24) is 10.1 Å². The SMILES string of the molecule is CC(C)c1cccc(-c2nc(-c3cccc(C(N)=O)c3)no2)c1. The highest BCUT2D eigenvalue weighted by atomic mass is 16.5. The molecule has 0 aliphatic heterocycles. The van der Waals surface area contributed by atoms with Crippen LogP contribution in [0.3, 0.4) is 0 Å². The number of aromatic nitrogens is 2. The summed E-state index contributed by atoms with van der Waals surface area (Å²) in [5.41, 5.74) is 8.48. The Kier molecular flexibility index (Phi) is 3.93. The lowest BCUT2D eigenvalue weighted by atomic mass is 10.0. The molecular weight excluding hydrogens is 290 g/mol. The van der Waals surface area contributed by atoms with Crippen LogP contribution in [0.1, 0.15) is 35.7 Å². The van der Waals surface area contributed by atoms with Crippen molar-refractivity contribution in [3.05, 3.63) is 59.7 Å². The summed E-state index contributed by atoms with van der Waals surface area (Å²) in [5.74, 6) is 0.815. The van der Waals surface area contributed by atoms with E-state index in [1.807, 2.05) is 24.3 Å². The van der Waals surface area contributed by atoms with Crippen molar-refractivity contribution in [2.75, 3.05) is 0 Å². The standard InChI is InChI=1S/C18H17N3O2/c1-11(2)12-5-3-8-15(9-12)18-20-17(21-23-18)14-7-4-6-13(10-14)16(19)22/h3-11H,1-2H3,(H2,19,22). The van der Waals surface area contributed by atoms with E-state index < -0.39 is 5.91 Å². The smallest absolute Gasteiger partial charge is 0.258 e. The summed E-state index contributed by atoms with van der Waals surface area (Å²) >= 11 is 0. The Morgan fingerprint density at radius 1 is 1.09 bits per heavy atom. The molecule has 5 heteroatoms. The summed E-state index contributed by atoms with van der Waals surface area (Å²) in [6.07, 6.45) is 0. The van der Waals surface area contributed by atoms with E-state index in [4.69, 9.17) is 10.3 Å². The zero-order valence-corrected chi connectivity index (χ0v) is 13.0. The molecule has 0 atom stereocenters. The molecule has 2 N–H and O–H groups in total. The molecule has 0 bridgehead atoms. The molecule has 1 aromatic heterocycles. The van der Waals surface area contributed by atoms with E-state index in [2.05, 4.69) is 30.1 Å².